The Kier molecular flexibility index (Phi) is 7.95. The number of hydrogen-bond acceptors (Lipinski definition) is 6. The molecular formula is C12H20N2O6. The highest BCUT2D eigenvalue weighted by molar-refractivity contribution is 5.84. The summed E-state index contributed by atoms with van der Waals surface area (Å²) >= 11 is 0. The minimum absolute atomic E-state index is 0.131. The van der Waals surface area contributed by atoms with Crippen LogP contribution in [-0.2, 0) is 28.7 Å². The zero-order valence-electron chi connectivity index (χ0n) is 12.0. The van der Waals surface area contributed by atoms with Crippen LogP contribution in [0, 0.1) is 0 Å². The Morgan fingerprint density at radius 1 is 0.800 bits per heavy atom. The molecule has 0 saturated heterocycles. The highest BCUT2D eigenvalue weighted by Crippen LogP contribution is 2.05. The maximum Gasteiger partial charge on any atom is 0.328 e. The fourth-order valence-electron chi connectivity index (χ4n) is 1.61. The average Bonchev–Trinajstić information content (AvgIpc) is 2.39. The number of carbonyl (C=O) groups is 4. The molecule has 8 nitrogen and oxygen atoms in total. The van der Waals surface area contributed by atoms with E-state index in [-0.39, 0.29) is 12.8 Å². The van der Waals surface area contributed by atoms with Crippen LogP contribution in [0.5, 0.6) is 0 Å². The van der Waals surface area contributed by atoms with E-state index >= 15 is 0 Å². The van der Waals surface area contributed by atoms with Crippen molar-refractivity contribution in [2.75, 3.05) is 14.2 Å². The van der Waals surface area contributed by atoms with Crippen LogP contribution in [0.25, 0.3) is 0 Å². The van der Waals surface area contributed by atoms with Crippen molar-refractivity contribution in [3.8, 4) is 0 Å². The van der Waals surface area contributed by atoms with Crippen molar-refractivity contribution in [1.82, 2.24) is 10.6 Å². The lowest BCUT2D eigenvalue weighted by molar-refractivity contribution is -0.147. The first kappa shape index (κ1) is 17.9. The third-order valence-corrected chi connectivity index (χ3v) is 2.47. The number of methoxy groups -OCH3 is 2. The van der Waals surface area contributed by atoms with Gasteiger partial charge in [-0.15, -0.1) is 0 Å². The van der Waals surface area contributed by atoms with Crippen LogP contribution >= 0.6 is 0 Å². The van der Waals surface area contributed by atoms with Crippen molar-refractivity contribution >= 4 is 23.8 Å². The molecule has 0 aliphatic carbocycles. The first-order valence-electron chi connectivity index (χ1n) is 6.01. The van der Waals surface area contributed by atoms with Crippen molar-refractivity contribution in [2.45, 2.75) is 38.8 Å². The molecule has 0 aromatic rings. The third-order valence-electron chi connectivity index (χ3n) is 2.47. The van der Waals surface area contributed by atoms with Crippen LogP contribution in [0.4, 0.5) is 0 Å². The van der Waals surface area contributed by atoms with Crippen LogP contribution in [0.15, 0.2) is 0 Å². The van der Waals surface area contributed by atoms with E-state index in [0.717, 1.165) is 0 Å². The second kappa shape index (κ2) is 8.89. The molecule has 0 fully saturated rings. The third kappa shape index (κ3) is 6.72. The SMILES string of the molecule is COC(=O)[C@H](CC[C@H](NC(C)=O)C(=O)OC)NC(C)=O. The molecule has 0 rings (SSSR count). The maximum atomic E-state index is 11.5. The molecule has 8 heteroatoms. The van der Waals surface area contributed by atoms with Crippen LogP contribution in [-0.4, -0.2) is 50.1 Å². The maximum absolute atomic E-state index is 11.5. The molecular weight excluding hydrogens is 268 g/mol. The number of carbonyl (C=O) groups excluding carboxylic acids is 4. The number of rotatable bonds is 7. The molecule has 0 bridgehead atoms. The lowest BCUT2D eigenvalue weighted by Crippen LogP contribution is -2.44. The van der Waals surface area contributed by atoms with E-state index in [1.165, 1.54) is 28.1 Å². The predicted octanol–water partition coefficient (Wildman–Crippen LogP) is -0.878. The first-order valence-corrected chi connectivity index (χ1v) is 6.01. The molecule has 0 saturated carbocycles. The molecule has 0 heterocycles. The lowest BCUT2D eigenvalue weighted by Gasteiger charge is -2.19. The molecule has 0 radical (unpaired) electrons. The highest BCUT2D eigenvalue weighted by Gasteiger charge is 2.25. The Balaban J connectivity index is 4.67. The molecule has 0 aromatic carbocycles. The molecule has 114 valence electrons. The Morgan fingerprint density at radius 2 is 1.10 bits per heavy atom. The van der Waals surface area contributed by atoms with Gasteiger partial charge in [-0.1, -0.05) is 0 Å². The van der Waals surface area contributed by atoms with Gasteiger partial charge in [0.15, 0.2) is 0 Å². The number of nitrogens with one attached hydrogen (secondary N) is 2. The molecule has 0 aliphatic rings. The molecule has 0 spiro atoms. The molecule has 0 aromatic heterocycles. The molecule has 0 unspecified atom stereocenters. The van der Waals surface area contributed by atoms with Gasteiger partial charge in [0.05, 0.1) is 14.2 Å². The Labute approximate surface area is 117 Å². The van der Waals surface area contributed by atoms with Crippen LogP contribution in [0.2, 0.25) is 0 Å². The summed E-state index contributed by atoms with van der Waals surface area (Å²) in [4.78, 5) is 45.0. The summed E-state index contributed by atoms with van der Waals surface area (Å²) in [7, 11) is 2.39. The van der Waals surface area contributed by atoms with Crippen molar-refractivity contribution in [3.05, 3.63) is 0 Å². The van der Waals surface area contributed by atoms with Gasteiger partial charge in [-0.3, -0.25) is 9.59 Å². The largest absolute Gasteiger partial charge is 0.467 e. The van der Waals surface area contributed by atoms with E-state index in [4.69, 9.17) is 0 Å². The average molecular weight is 288 g/mol. The fraction of sp³-hybridized carbons (Fsp3) is 0.667. The van der Waals surface area contributed by atoms with Gasteiger partial charge in [0.25, 0.3) is 0 Å². The van der Waals surface area contributed by atoms with E-state index in [9.17, 15) is 19.2 Å². The summed E-state index contributed by atoms with van der Waals surface area (Å²) in [5, 5.41) is 4.84. The van der Waals surface area contributed by atoms with E-state index in [2.05, 4.69) is 20.1 Å². The quantitative estimate of drug-likeness (QED) is 0.589. The van der Waals surface area contributed by atoms with Gasteiger partial charge >= 0.3 is 11.9 Å². The number of hydrogen-bond donors (Lipinski definition) is 2. The van der Waals surface area contributed by atoms with Gasteiger partial charge in [-0.25, -0.2) is 9.59 Å². The van der Waals surface area contributed by atoms with Gasteiger partial charge in [0.2, 0.25) is 11.8 Å². The molecule has 2 N–H and O–H groups in total. The Bertz CT molecular complexity index is 346. The van der Waals surface area contributed by atoms with E-state index in [1.807, 2.05) is 0 Å². The van der Waals surface area contributed by atoms with Crippen molar-refractivity contribution < 1.29 is 28.7 Å². The van der Waals surface area contributed by atoms with Gasteiger partial charge in [-0.05, 0) is 12.8 Å². The van der Waals surface area contributed by atoms with Gasteiger partial charge < -0.3 is 20.1 Å². The van der Waals surface area contributed by atoms with Crippen molar-refractivity contribution in [2.24, 2.45) is 0 Å². The van der Waals surface area contributed by atoms with Crippen molar-refractivity contribution in [1.29, 1.82) is 0 Å². The minimum Gasteiger partial charge on any atom is -0.467 e. The summed E-state index contributed by atoms with van der Waals surface area (Å²) in [5.74, 6) is -2.03. The van der Waals surface area contributed by atoms with Gasteiger partial charge in [0.1, 0.15) is 12.1 Å². The summed E-state index contributed by atoms with van der Waals surface area (Å²) in [6, 6.07) is -1.75. The van der Waals surface area contributed by atoms with Crippen LogP contribution in [0.3, 0.4) is 0 Å². The van der Waals surface area contributed by atoms with Crippen LogP contribution in [0.1, 0.15) is 26.7 Å². The summed E-state index contributed by atoms with van der Waals surface area (Å²) in [6.07, 6.45) is 0.263. The number of amides is 2. The Hall–Kier alpha value is -2.12. The zero-order chi connectivity index (χ0) is 15.7. The number of ether oxygens (including phenoxy) is 2. The van der Waals surface area contributed by atoms with Gasteiger partial charge in [0, 0.05) is 13.8 Å². The lowest BCUT2D eigenvalue weighted by atomic mass is 10.1. The second-order valence-electron chi connectivity index (χ2n) is 4.13. The Morgan fingerprint density at radius 3 is 1.30 bits per heavy atom. The molecule has 20 heavy (non-hydrogen) atoms. The molecule has 0 aliphatic heterocycles. The fourth-order valence-corrected chi connectivity index (χ4v) is 1.61. The minimum atomic E-state index is -0.876. The van der Waals surface area contributed by atoms with E-state index < -0.39 is 35.8 Å². The molecule has 2 atom stereocenters. The normalized spacial score (nSPS) is 12.8. The van der Waals surface area contributed by atoms with Crippen LogP contribution < -0.4 is 10.6 Å². The van der Waals surface area contributed by atoms with Crippen molar-refractivity contribution in [3.63, 3.8) is 0 Å². The second-order valence-corrected chi connectivity index (χ2v) is 4.13. The molecule has 2 amide bonds. The standard InChI is InChI=1S/C12H20N2O6/c1-7(15)13-9(11(17)19-3)5-6-10(12(18)20-4)14-8(2)16/h9-10H,5-6H2,1-4H3,(H,13,15)(H,14,16)/t9-,10-/m0/s1. The smallest absolute Gasteiger partial charge is 0.328 e. The topological polar surface area (TPSA) is 111 Å². The van der Waals surface area contributed by atoms with E-state index in [0.29, 0.717) is 0 Å². The summed E-state index contributed by atoms with van der Waals surface area (Å²) in [5.41, 5.74) is 0. The monoisotopic (exact) mass is 288 g/mol. The predicted molar refractivity (Wildman–Crippen MR) is 68.5 cm³/mol. The number of esters is 2. The highest BCUT2D eigenvalue weighted by atomic mass is 16.5. The van der Waals surface area contributed by atoms with Gasteiger partial charge in [-0.2, -0.15) is 0 Å². The summed E-state index contributed by atoms with van der Waals surface area (Å²) < 4.78 is 9.11. The first-order chi connectivity index (χ1) is 9.31. The zero-order valence-corrected chi connectivity index (χ0v) is 12.0. The van der Waals surface area contributed by atoms with E-state index in [1.54, 1.807) is 0 Å². The summed E-state index contributed by atoms with van der Waals surface area (Å²) in [6.45, 7) is 2.53.